The summed E-state index contributed by atoms with van der Waals surface area (Å²) in [5, 5.41) is 0. The highest BCUT2D eigenvalue weighted by atomic mass is 16.5. The molecule has 2 aromatic rings. The number of ether oxygens (including phenoxy) is 4. The zero-order valence-electron chi connectivity index (χ0n) is 18.8. The Hall–Kier alpha value is -3.95. The molecule has 0 saturated carbocycles. The molecule has 1 heterocycles. The Morgan fingerprint density at radius 1 is 0.970 bits per heavy atom. The van der Waals surface area contributed by atoms with Gasteiger partial charge in [0.15, 0.2) is 29.6 Å². The lowest BCUT2D eigenvalue weighted by Gasteiger charge is -2.18. The number of carbonyl (C=O) groups is 3. The molecule has 3 rings (SSSR count). The molecule has 0 radical (unpaired) electrons. The summed E-state index contributed by atoms with van der Waals surface area (Å²) < 4.78 is 21.4. The highest BCUT2D eigenvalue weighted by Crippen LogP contribution is 2.34. The summed E-state index contributed by atoms with van der Waals surface area (Å²) in [7, 11) is 3.03. The van der Waals surface area contributed by atoms with Crippen LogP contribution in [0.5, 0.6) is 23.0 Å². The summed E-state index contributed by atoms with van der Waals surface area (Å²) >= 11 is 0. The van der Waals surface area contributed by atoms with Crippen molar-refractivity contribution in [3.8, 4) is 23.0 Å². The van der Waals surface area contributed by atoms with Crippen LogP contribution in [0.25, 0.3) is 0 Å². The molecule has 1 atom stereocenters. The van der Waals surface area contributed by atoms with Crippen LogP contribution >= 0.6 is 0 Å². The maximum atomic E-state index is 12.5. The van der Waals surface area contributed by atoms with E-state index in [1.165, 1.54) is 19.1 Å². The van der Waals surface area contributed by atoms with Gasteiger partial charge >= 0.3 is 0 Å². The van der Waals surface area contributed by atoms with Crippen molar-refractivity contribution in [3.63, 3.8) is 0 Å². The van der Waals surface area contributed by atoms with Crippen LogP contribution < -0.4 is 34.7 Å². The predicted octanol–water partition coefficient (Wildman–Crippen LogP) is 1.68. The lowest BCUT2D eigenvalue weighted by atomic mass is 10.1. The number of nitrogens with zero attached hydrogens (tertiary/aromatic N) is 1. The Morgan fingerprint density at radius 2 is 1.67 bits per heavy atom. The van der Waals surface area contributed by atoms with Crippen LogP contribution in [-0.2, 0) is 14.4 Å². The normalized spacial score (nSPS) is 15.1. The van der Waals surface area contributed by atoms with E-state index in [2.05, 4.69) is 10.9 Å². The van der Waals surface area contributed by atoms with Gasteiger partial charge in [0.25, 0.3) is 5.91 Å². The van der Waals surface area contributed by atoms with Gasteiger partial charge in [0.2, 0.25) is 11.8 Å². The average Bonchev–Trinajstić information content (AvgIpc) is 3.23. The van der Waals surface area contributed by atoms with Crippen LogP contribution in [0.15, 0.2) is 42.5 Å². The highest BCUT2D eigenvalue weighted by molar-refractivity contribution is 6.00. The SMILES string of the molecule is CCOc1ccccc1OCC(=O)NNC(=O)C1CC(=O)N(c2ccc(OC)c(OC)c2)C1. The van der Waals surface area contributed by atoms with E-state index in [-0.39, 0.29) is 25.5 Å². The van der Waals surface area contributed by atoms with Gasteiger partial charge < -0.3 is 23.8 Å². The second-order valence-electron chi connectivity index (χ2n) is 7.15. The van der Waals surface area contributed by atoms with Crippen LogP contribution in [0.1, 0.15) is 13.3 Å². The zero-order valence-corrected chi connectivity index (χ0v) is 18.8. The number of amides is 3. The number of benzene rings is 2. The second kappa shape index (κ2) is 11.1. The number of para-hydroxylation sites is 2. The van der Waals surface area contributed by atoms with Crippen molar-refractivity contribution in [3.05, 3.63) is 42.5 Å². The van der Waals surface area contributed by atoms with E-state index < -0.39 is 17.7 Å². The largest absolute Gasteiger partial charge is 0.493 e. The molecular weight excluding hydrogens is 430 g/mol. The summed E-state index contributed by atoms with van der Waals surface area (Å²) in [6.07, 6.45) is 0.0221. The van der Waals surface area contributed by atoms with Crippen LogP contribution in [0, 0.1) is 5.92 Å². The van der Waals surface area contributed by atoms with E-state index in [1.54, 1.807) is 42.5 Å². The summed E-state index contributed by atoms with van der Waals surface area (Å²) in [4.78, 5) is 38.6. The number of nitrogens with one attached hydrogen (secondary N) is 2. The van der Waals surface area contributed by atoms with Gasteiger partial charge in [-0.2, -0.15) is 0 Å². The van der Waals surface area contributed by atoms with E-state index in [0.29, 0.717) is 35.3 Å². The first-order valence-electron chi connectivity index (χ1n) is 10.4. The fraction of sp³-hybridized carbons (Fsp3) is 0.348. The molecule has 3 amide bonds. The van der Waals surface area contributed by atoms with Gasteiger partial charge in [-0.05, 0) is 31.2 Å². The minimum absolute atomic E-state index is 0.0221. The van der Waals surface area contributed by atoms with Crippen molar-refractivity contribution in [1.82, 2.24) is 10.9 Å². The molecule has 0 bridgehead atoms. The topological polar surface area (TPSA) is 115 Å². The zero-order chi connectivity index (χ0) is 23.8. The molecule has 2 aromatic carbocycles. The smallest absolute Gasteiger partial charge is 0.276 e. The van der Waals surface area contributed by atoms with Gasteiger partial charge in [0.1, 0.15) is 0 Å². The van der Waals surface area contributed by atoms with Crippen molar-refractivity contribution in [1.29, 1.82) is 0 Å². The van der Waals surface area contributed by atoms with Crippen molar-refractivity contribution in [2.45, 2.75) is 13.3 Å². The fourth-order valence-electron chi connectivity index (χ4n) is 3.38. The predicted molar refractivity (Wildman–Crippen MR) is 119 cm³/mol. The van der Waals surface area contributed by atoms with Gasteiger partial charge in [-0.1, -0.05) is 12.1 Å². The lowest BCUT2D eigenvalue weighted by Crippen LogP contribution is -2.46. The molecule has 1 saturated heterocycles. The number of hydrogen-bond donors (Lipinski definition) is 2. The quantitative estimate of drug-likeness (QED) is 0.551. The minimum atomic E-state index is -0.620. The summed E-state index contributed by atoms with van der Waals surface area (Å²) in [6, 6.07) is 12.1. The van der Waals surface area contributed by atoms with Gasteiger partial charge in [-0.25, -0.2) is 0 Å². The Balaban J connectivity index is 1.51. The number of carbonyl (C=O) groups excluding carboxylic acids is 3. The first kappa shape index (κ1) is 23.7. The summed E-state index contributed by atoms with van der Waals surface area (Å²) in [6.45, 7) is 2.17. The van der Waals surface area contributed by atoms with E-state index in [0.717, 1.165) is 0 Å². The monoisotopic (exact) mass is 457 g/mol. The molecule has 1 aliphatic rings. The van der Waals surface area contributed by atoms with E-state index in [9.17, 15) is 14.4 Å². The lowest BCUT2D eigenvalue weighted by molar-refractivity contribution is -0.132. The Kier molecular flexibility index (Phi) is 7.96. The first-order chi connectivity index (χ1) is 16.0. The minimum Gasteiger partial charge on any atom is -0.493 e. The van der Waals surface area contributed by atoms with Crippen LogP contribution in [0.3, 0.4) is 0 Å². The number of hydrogen-bond acceptors (Lipinski definition) is 7. The third kappa shape index (κ3) is 5.85. The van der Waals surface area contributed by atoms with Crippen molar-refractivity contribution >= 4 is 23.4 Å². The number of anilines is 1. The van der Waals surface area contributed by atoms with Crippen LogP contribution in [0.4, 0.5) is 5.69 Å². The summed E-state index contributed by atoms with van der Waals surface area (Å²) in [5.74, 6) is 0.134. The van der Waals surface area contributed by atoms with E-state index in [1.807, 2.05) is 6.92 Å². The molecule has 176 valence electrons. The maximum absolute atomic E-state index is 12.5. The van der Waals surface area contributed by atoms with Gasteiger partial charge in [-0.15, -0.1) is 0 Å². The second-order valence-corrected chi connectivity index (χ2v) is 7.15. The van der Waals surface area contributed by atoms with Gasteiger partial charge in [0, 0.05) is 24.7 Å². The van der Waals surface area contributed by atoms with E-state index in [4.69, 9.17) is 18.9 Å². The molecular formula is C23H27N3O7. The molecule has 1 fully saturated rings. The third-order valence-corrected chi connectivity index (χ3v) is 5.01. The Morgan fingerprint density at radius 3 is 2.33 bits per heavy atom. The van der Waals surface area contributed by atoms with Crippen molar-refractivity contribution in [2.24, 2.45) is 5.92 Å². The van der Waals surface area contributed by atoms with Crippen LogP contribution in [-0.4, -0.2) is 51.7 Å². The summed E-state index contributed by atoms with van der Waals surface area (Å²) in [5.41, 5.74) is 5.27. The molecule has 10 heteroatoms. The highest BCUT2D eigenvalue weighted by Gasteiger charge is 2.35. The number of rotatable bonds is 9. The molecule has 2 N–H and O–H groups in total. The average molecular weight is 457 g/mol. The van der Waals surface area contributed by atoms with Crippen LogP contribution in [0.2, 0.25) is 0 Å². The molecule has 1 aliphatic heterocycles. The molecule has 33 heavy (non-hydrogen) atoms. The van der Waals surface area contributed by atoms with E-state index >= 15 is 0 Å². The van der Waals surface area contributed by atoms with Crippen molar-refractivity contribution in [2.75, 3.05) is 38.9 Å². The Labute approximate surface area is 191 Å². The Bertz CT molecular complexity index is 1010. The molecule has 0 aromatic heterocycles. The van der Waals surface area contributed by atoms with Gasteiger partial charge in [-0.3, -0.25) is 25.2 Å². The molecule has 10 nitrogen and oxygen atoms in total. The standard InChI is InChI=1S/C23H27N3O7/c1-4-32-18-7-5-6-8-19(18)33-14-21(27)24-25-23(29)15-11-22(28)26(13-15)16-9-10-17(30-2)20(12-16)31-3/h5-10,12,15H,4,11,13-14H2,1-3H3,(H,24,27)(H,25,29). The first-order valence-corrected chi connectivity index (χ1v) is 10.4. The number of methoxy groups -OCH3 is 2. The maximum Gasteiger partial charge on any atom is 0.276 e. The molecule has 0 spiro atoms. The van der Waals surface area contributed by atoms with Gasteiger partial charge in [0.05, 0.1) is 26.7 Å². The third-order valence-electron chi connectivity index (χ3n) is 5.01. The van der Waals surface area contributed by atoms with Crippen molar-refractivity contribution < 1.29 is 33.3 Å². The molecule has 1 unspecified atom stereocenters. The molecule has 0 aliphatic carbocycles. The fourth-order valence-corrected chi connectivity index (χ4v) is 3.38. The number of hydrazine groups is 1.